The van der Waals surface area contributed by atoms with Gasteiger partial charge < -0.3 is 20.3 Å². The first-order valence-corrected chi connectivity index (χ1v) is 5.32. The molecule has 0 fully saturated rings. The number of aliphatic hydroxyl groups is 1. The van der Waals surface area contributed by atoms with Crippen molar-refractivity contribution in [3.63, 3.8) is 0 Å². The fraction of sp³-hybridized carbons (Fsp3) is 0.500. The van der Waals surface area contributed by atoms with E-state index >= 15 is 0 Å². The van der Waals surface area contributed by atoms with E-state index in [2.05, 4.69) is 5.32 Å². The Balaban J connectivity index is 2.84. The van der Waals surface area contributed by atoms with Gasteiger partial charge in [-0.25, -0.2) is 0 Å². The first-order valence-electron chi connectivity index (χ1n) is 5.32. The summed E-state index contributed by atoms with van der Waals surface area (Å²) in [7, 11) is 1.59. The molecule has 0 radical (unpaired) electrons. The molecule has 0 saturated carbocycles. The predicted octanol–water partition coefficient (Wildman–Crippen LogP) is 1.43. The third kappa shape index (κ3) is 3.12. The maximum absolute atomic E-state index is 9.73. The van der Waals surface area contributed by atoms with Crippen LogP contribution < -0.4 is 10.1 Å². The van der Waals surface area contributed by atoms with Crippen LogP contribution in [0, 0.1) is 0 Å². The summed E-state index contributed by atoms with van der Waals surface area (Å²) in [6.07, 6.45) is 0. The highest BCUT2D eigenvalue weighted by Gasteiger charge is 2.13. The summed E-state index contributed by atoms with van der Waals surface area (Å²) >= 11 is 0. The number of hydrogen-bond donors (Lipinski definition) is 3. The van der Waals surface area contributed by atoms with Crippen molar-refractivity contribution in [2.45, 2.75) is 25.9 Å². The predicted molar refractivity (Wildman–Crippen MR) is 62.8 cm³/mol. The number of ether oxygens (including phenoxy) is 1. The largest absolute Gasteiger partial charge is 0.508 e. The normalized spacial score (nSPS) is 14.5. The van der Waals surface area contributed by atoms with Crippen molar-refractivity contribution in [3.05, 3.63) is 23.8 Å². The summed E-state index contributed by atoms with van der Waals surface area (Å²) in [6, 6.07) is 5.05. The Labute approximate surface area is 95.9 Å². The lowest BCUT2D eigenvalue weighted by Gasteiger charge is -2.20. The summed E-state index contributed by atoms with van der Waals surface area (Å²) in [5.41, 5.74) is 0.764. The van der Waals surface area contributed by atoms with Gasteiger partial charge in [0.15, 0.2) is 0 Å². The Kier molecular flexibility index (Phi) is 4.58. The number of nitrogens with one attached hydrogen (secondary N) is 1. The van der Waals surface area contributed by atoms with Gasteiger partial charge in [0.1, 0.15) is 11.5 Å². The molecule has 0 aliphatic heterocycles. The van der Waals surface area contributed by atoms with Crippen molar-refractivity contribution in [2.24, 2.45) is 0 Å². The minimum atomic E-state index is -0.0442. The fourth-order valence-corrected chi connectivity index (χ4v) is 1.58. The number of methoxy groups -OCH3 is 1. The second-order valence-electron chi connectivity index (χ2n) is 3.90. The van der Waals surface area contributed by atoms with Gasteiger partial charge in [-0.3, -0.25) is 0 Å². The van der Waals surface area contributed by atoms with Crippen molar-refractivity contribution < 1.29 is 14.9 Å². The van der Waals surface area contributed by atoms with E-state index in [9.17, 15) is 5.11 Å². The van der Waals surface area contributed by atoms with Crippen LogP contribution in [0.15, 0.2) is 18.2 Å². The molecule has 4 nitrogen and oxygen atoms in total. The molecule has 0 heterocycles. The number of hydrogen-bond acceptors (Lipinski definition) is 4. The molecule has 0 saturated heterocycles. The van der Waals surface area contributed by atoms with Gasteiger partial charge in [0.25, 0.3) is 0 Å². The van der Waals surface area contributed by atoms with Gasteiger partial charge in [-0.15, -0.1) is 0 Å². The quantitative estimate of drug-likeness (QED) is 0.709. The molecule has 0 aliphatic rings. The van der Waals surface area contributed by atoms with Crippen molar-refractivity contribution in [2.75, 3.05) is 13.7 Å². The van der Waals surface area contributed by atoms with E-state index in [1.807, 2.05) is 13.8 Å². The topological polar surface area (TPSA) is 61.7 Å². The van der Waals surface area contributed by atoms with Crippen LogP contribution in [-0.4, -0.2) is 30.0 Å². The van der Waals surface area contributed by atoms with Crippen LogP contribution in [0.25, 0.3) is 0 Å². The molecule has 0 bridgehead atoms. The molecular weight excluding hydrogens is 206 g/mol. The van der Waals surface area contributed by atoms with Crippen LogP contribution in [-0.2, 0) is 0 Å². The third-order valence-corrected chi connectivity index (χ3v) is 2.51. The van der Waals surface area contributed by atoms with E-state index in [-0.39, 0.29) is 24.4 Å². The number of benzene rings is 1. The van der Waals surface area contributed by atoms with Gasteiger partial charge in [-0.2, -0.15) is 0 Å². The molecule has 0 spiro atoms. The minimum absolute atomic E-state index is 0.0133. The van der Waals surface area contributed by atoms with Crippen molar-refractivity contribution >= 4 is 0 Å². The fourth-order valence-electron chi connectivity index (χ4n) is 1.58. The highest BCUT2D eigenvalue weighted by Crippen LogP contribution is 2.28. The molecule has 4 heteroatoms. The van der Waals surface area contributed by atoms with Crippen LogP contribution in [0.2, 0.25) is 0 Å². The van der Waals surface area contributed by atoms with E-state index in [0.29, 0.717) is 5.75 Å². The molecular formula is C12H19NO3. The Morgan fingerprint density at radius 2 is 2.06 bits per heavy atom. The molecule has 1 aromatic rings. The molecule has 0 amide bonds. The standard InChI is InChI=1S/C12H19NO3/c1-8(7-14)13-9(2)11-6-10(16-3)4-5-12(11)15/h4-6,8-9,13-15H,7H2,1-3H3/t8-,9?/m1/s1. The molecule has 90 valence electrons. The second-order valence-corrected chi connectivity index (χ2v) is 3.90. The molecule has 3 N–H and O–H groups in total. The average Bonchev–Trinajstić information content (AvgIpc) is 2.29. The third-order valence-electron chi connectivity index (χ3n) is 2.51. The smallest absolute Gasteiger partial charge is 0.120 e. The highest BCUT2D eigenvalue weighted by molar-refractivity contribution is 5.41. The zero-order valence-electron chi connectivity index (χ0n) is 9.90. The van der Waals surface area contributed by atoms with Crippen LogP contribution in [0.1, 0.15) is 25.5 Å². The maximum Gasteiger partial charge on any atom is 0.120 e. The van der Waals surface area contributed by atoms with Gasteiger partial charge in [0.05, 0.1) is 13.7 Å². The van der Waals surface area contributed by atoms with E-state index in [4.69, 9.17) is 9.84 Å². The first kappa shape index (κ1) is 12.8. The lowest BCUT2D eigenvalue weighted by atomic mass is 10.1. The van der Waals surface area contributed by atoms with E-state index < -0.39 is 0 Å². The summed E-state index contributed by atoms with van der Waals surface area (Å²) in [6.45, 7) is 3.88. The molecule has 1 aromatic carbocycles. The molecule has 0 aliphatic carbocycles. The summed E-state index contributed by atoms with van der Waals surface area (Å²) < 4.78 is 5.10. The second kappa shape index (κ2) is 5.72. The monoisotopic (exact) mass is 225 g/mol. The molecule has 2 atom stereocenters. The lowest BCUT2D eigenvalue weighted by Crippen LogP contribution is -2.31. The number of aliphatic hydroxyl groups excluding tert-OH is 1. The van der Waals surface area contributed by atoms with Gasteiger partial charge in [0.2, 0.25) is 0 Å². The SMILES string of the molecule is COc1ccc(O)c(C(C)N[C@H](C)CO)c1. The van der Waals surface area contributed by atoms with Crippen molar-refractivity contribution in [1.82, 2.24) is 5.32 Å². The minimum Gasteiger partial charge on any atom is -0.508 e. The zero-order valence-corrected chi connectivity index (χ0v) is 9.90. The van der Waals surface area contributed by atoms with E-state index in [1.165, 1.54) is 0 Å². The summed E-state index contributed by atoms with van der Waals surface area (Å²) in [5.74, 6) is 0.934. The molecule has 16 heavy (non-hydrogen) atoms. The average molecular weight is 225 g/mol. The van der Waals surface area contributed by atoms with E-state index in [1.54, 1.807) is 25.3 Å². The van der Waals surface area contributed by atoms with Gasteiger partial charge in [-0.05, 0) is 32.0 Å². The zero-order chi connectivity index (χ0) is 12.1. The highest BCUT2D eigenvalue weighted by atomic mass is 16.5. The van der Waals surface area contributed by atoms with Crippen molar-refractivity contribution in [3.8, 4) is 11.5 Å². The Morgan fingerprint density at radius 3 is 2.62 bits per heavy atom. The van der Waals surface area contributed by atoms with Gasteiger partial charge >= 0.3 is 0 Å². The van der Waals surface area contributed by atoms with Crippen LogP contribution >= 0.6 is 0 Å². The number of phenolic OH excluding ortho intramolecular Hbond substituents is 1. The summed E-state index contributed by atoms with van der Waals surface area (Å²) in [5, 5.41) is 21.9. The van der Waals surface area contributed by atoms with Crippen LogP contribution in [0.3, 0.4) is 0 Å². The van der Waals surface area contributed by atoms with Gasteiger partial charge in [-0.1, -0.05) is 0 Å². The number of phenols is 1. The summed E-state index contributed by atoms with van der Waals surface area (Å²) in [4.78, 5) is 0. The lowest BCUT2D eigenvalue weighted by molar-refractivity contribution is 0.242. The van der Waals surface area contributed by atoms with Crippen molar-refractivity contribution in [1.29, 1.82) is 0 Å². The van der Waals surface area contributed by atoms with E-state index in [0.717, 1.165) is 5.56 Å². The maximum atomic E-state index is 9.73. The Bertz CT molecular complexity index is 341. The van der Waals surface area contributed by atoms with Crippen LogP contribution in [0.5, 0.6) is 11.5 Å². The Hall–Kier alpha value is -1.26. The molecule has 0 aromatic heterocycles. The van der Waals surface area contributed by atoms with Gasteiger partial charge in [0, 0.05) is 17.6 Å². The molecule has 1 unspecified atom stereocenters. The number of aromatic hydroxyl groups is 1. The first-order chi connectivity index (χ1) is 7.58. The number of rotatable bonds is 5. The Morgan fingerprint density at radius 1 is 1.38 bits per heavy atom. The molecule has 1 rings (SSSR count). The van der Waals surface area contributed by atoms with Crippen LogP contribution in [0.4, 0.5) is 0 Å².